The molecule has 6 nitrogen and oxygen atoms in total. The Morgan fingerprint density at radius 3 is 2.50 bits per heavy atom. The van der Waals surface area contributed by atoms with Crippen LogP contribution in [0.3, 0.4) is 0 Å². The summed E-state index contributed by atoms with van der Waals surface area (Å²) in [5, 5.41) is 2.22. The van der Waals surface area contributed by atoms with Gasteiger partial charge in [0.15, 0.2) is 0 Å². The zero-order valence-electron chi connectivity index (χ0n) is 14.9. The standard InChI is InChI=1S/C20H16Br2N2O4/c1-2-8-28-17-12(9-13(21)11-16(17)22)10-15-18(25)23-20(27)24(19(15)26)14-6-4-3-5-7-14/h3-7,9-11H,2,8H2,1H3,(H,23,25,27)/b15-10+. The van der Waals surface area contributed by atoms with Gasteiger partial charge in [-0.15, -0.1) is 0 Å². The number of rotatable bonds is 5. The first-order valence-electron chi connectivity index (χ1n) is 8.50. The Morgan fingerprint density at radius 2 is 1.82 bits per heavy atom. The number of hydrogen-bond acceptors (Lipinski definition) is 4. The number of imide groups is 2. The maximum Gasteiger partial charge on any atom is 0.335 e. The van der Waals surface area contributed by atoms with E-state index >= 15 is 0 Å². The molecule has 0 atom stereocenters. The first kappa shape index (κ1) is 20.3. The molecule has 144 valence electrons. The average molecular weight is 508 g/mol. The predicted octanol–water partition coefficient (Wildman–Crippen LogP) is 4.67. The van der Waals surface area contributed by atoms with Gasteiger partial charge in [0.25, 0.3) is 11.8 Å². The smallest absolute Gasteiger partial charge is 0.335 e. The highest BCUT2D eigenvalue weighted by atomic mass is 79.9. The minimum atomic E-state index is -0.781. The molecule has 0 unspecified atom stereocenters. The second kappa shape index (κ2) is 8.70. The summed E-state index contributed by atoms with van der Waals surface area (Å²) in [6.45, 7) is 2.46. The van der Waals surface area contributed by atoms with Gasteiger partial charge in [-0.05, 0) is 52.7 Å². The van der Waals surface area contributed by atoms with Gasteiger partial charge in [0.2, 0.25) is 0 Å². The number of para-hydroxylation sites is 1. The van der Waals surface area contributed by atoms with E-state index in [4.69, 9.17) is 4.74 Å². The molecular weight excluding hydrogens is 492 g/mol. The van der Waals surface area contributed by atoms with E-state index in [1.54, 1.807) is 36.4 Å². The molecule has 1 saturated heterocycles. The fraction of sp³-hybridized carbons (Fsp3) is 0.150. The molecular formula is C20H16Br2N2O4. The second-order valence-corrected chi connectivity index (χ2v) is 7.72. The molecule has 0 aromatic heterocycles. The number of carbonyl (C=O) groups excluding carboxylic acids is 3. The van der Waals surface area contributed by atoms with Crippen LogP contribution in [0.25, 0.3) is 6.08 Å². The van der Waals surface area contributed by atoms with Crippen molar-refractivity contribution >= 4 is 61.5 Å². The van der Waals surface area contributed by atoms with Crippen LogP contribution >= 0.6 is 31.9 Å². The number of barbiturate groups is 1. The van der Waals surface area contributed by atoms with Crippen molar-refractivity contribution in [1.29, 1.82) is 0 Å². The Kier molecular flexibility index (Phi) is 6.31. The largest absolute Gasteiger partial charge is 0.492 e. The van der Waals surface area contributed by atoms with Crippen LogP contribution in [0.2, 0.25) is 0 Å². The van der Waals surface area contributed by atoms with E-state index in [2.05, 4.69) is 37.2 Å². The highest BCUT2D eigenvalue weighted by Crippen LogP contribution is 2.35. The Labute approximate surface area is 178 Å². The minimum Gasteiger partial charge on any atom is -0.492 e. The molecule has 1 aliphatic rings. The molecule has 1 aliphatic heterocycles. The average Bonchev–Trinajstić information content (AvgIpc) is 2.65. The lowest BCUT2D eigenvalue weighted by Gasteiger charge is -2.26. The summed E-state index contributed by atoms with van der Waals surface area (Å²) in [4.78, 5) is 38.5. The number of urea groups is 1. The van der Waals surface area contributed by atoms with Crippen molar-refractivity contribution in [3.8, 4) is 5.75 Å². The lowest BCUT2D eigenvalue weighted by molar-refractivity contribution is -0.122. The number of anilines is 1. The zero-order valence-corrected chi connectivity index (χ0v) is 18.0. The van der Waals surface area contributed by atoms with Gasteiger partial charge in [-0.3, -0.25) is 14.9 Å². The van der Waals surface area contributed by atoms with Crippen LogP contribution in [0.1, 0.15) is 18.9 Å². The maximum absolute atomic E-state index is 13.0. The monoisotopic (exact) mass is 506 g/mol. The first-order valence-corrected chi connectivity index (χ1v) is 10.1. The second-order valence-electron chi connectivity index (χ2n) is 5.95. The molecule has 0 saturated carbocycles. The third-order valence-electron chi connectivity index (χ3n) is 3.90. The molecule has 1 N–H and O–H groups in total. The number of halogens is 2. The van der Waals surface area contributed by atoms with Crippen LogP contribution in [-0.4, -0.2) is 24.5 Å². The van der Waals surface area contributed by atoms with Crippen LogP contribution in [0.5, 0.6) is 5.75 Å². The number of ether oxygens (including phenoxy) is 1. The van der Waals surface area contributed by atoms with Crippen LogP contribution < -0.4 is 15.0 Å². The summed E-state index contributed by atoms with van der Waals surface area (Å²) in [6.07, 6.45) is 2.23. The fourth-order valence-electron chi connectivity index (χ4n) is 2.67. The number of carbonyl (C=O) groups is 3. The maximum atomic E-state index is 13.0. The third kappa shape index (κ3) is 4.18. The Hall–Kier alpha value is -2.45. The van der Waals surface area contributed by atoms with E-state index in [0.717, 1.165) is 15.8 Å². The van der Waals surface area contributed by atoms with Gasteiger partial charge in [0.05, 0.1) is 16.8 Å². The quantitative estimate of drug-likeness (QED) is 0.471. The molecule has 28 heavy (non-hydrogen) atoms. The van der Waals surface area contributed by atoms with Crippen molar-refractivity contribution in [3.05, 3.63) is 62.5 Å². The Balaban J connectivity index is 2.07. The zero-order chi connectivity index (χ0) is 20.3. The van der Waals surface area contributed by atoms with E-state index in [-0.39, 0.29) is 5.57 Å². The van der Waals surface area contributed by atoms with Crippen LogP contribution in [-0.2, 0) is 9.59 Å². The highest BCUT2D eigenvalue weighted by molar-refractivity contribution is 9.11. The molecule has 0 radical (unpaired) electrons. The summed E-state index contributed by atoms with van der Waals surface area (Å²) in [5.41, 5.74) is 0.756. The van der Waals surface area contributed by atoms with Gasteiger partial charge in [-0.1, -0.05) is 41.1 Å². The number of hydrogen-bond donors (Lipinski definition) is 1. The predicted molar refractivity (Wildman–Crippen MR) is 113 cm³/mol. The topological polar surface area (TPSA) is 75.7 Å². The van der Waals surface area contributed by atoms with Crippen molar-refractivity contribution in [2.24, 2.45) is 0 Å². The molecule has 0 aliphatic carbocycles. The van der Waals surface area contributed by atoms with Crippen molar-refractivity contribution in [2.75, 3.05) is 11.5 Å². The summed E-state index contributed by atoms with van der Waals surface area (Å²) in [6, 6.07) is 11.2. The number of nitrogens with zero attached hydrogens (tertiary/aromatic N) is 1. The van der Waals surface area contributed by atoms with Gasteiger partial charge >= 0.3 is 6.03 Å². The molecule has 3 rings (SSSR count). The highest BCUT2D eigenvalue weighted by Gasteiger charge is 2.37. The summed E-state index contributed by atoms with van der Waals surface area (Å²) in [7, 11) is 0. The molecule has 4 amide bonds. The number of nitrogens with one attached hydrogen (secondary N) is 1. The fourth-order valence-corrected chi connectivity index (χ4v) is 4.04. The van der Waals surface area contributed by atoms with Crippen molar-refractivity contribution in [2.45, 2.75) is 13.3 Å². The van der Waals surface area contributed by atoms with Gasteiger partial charge in [0.1, 0.15) is 11.3 Å². The van der Waals surface area contributed by atoms with Crippen LogP contribution in [0.15, 0.2) is 57.0 Å². The van der Waals surface area contributed by atoms with Gasteiger partial charge in [-0.25, -0.2) is 9.69 Å². The normalized spacial score (nSPS) is 15.8. The molecule has 2 aromatic carbocycles. The SMILES string of the molecule is CCCOc1c(Br)cc(Br)cc1/C=C1\C(=O)NC(=O)N(c2ccccc2)C1=O. The van der Waals surface area contributed by atoms with E-state index in [1.165, 1.54) is 6.08 Å². The molecule has 1 fully saturated rings. The van der Waals surface area contributed by atoms with Crippen LogP contribution in [0, 0.1) is 0 Å². The third-order valence-corrected chi connectivity index (χ3v) is 4.95. The first-order chi connectivity index (χ1) is 13.4. The lowest BCUT2D eigenvalue weighted by atomic mass is 10.1. The summed E-state index contributed by atoms with van der Waals surface area (Å²) >= 11 is 6.85. The lowest BCUT2D eigenvalue weighted by Crippen LogP contribution is -2.54. The number of amides is 4. The van der Waals surface area contributed by atoms with Crippen molar-refractivity contribution in [1.82, 2.24) is 5.32 Å². The molecule has 2 aromatic rings. The van der Waals surface area contributed by atoms with E-state index in [0.29, 0.717) is 28.1 Å². The Morgan fingerprint density at radius 1 is 1.11 bits per heavy atom. The van der Waals surface area contributed by atoms with Crippen molar-refractivity contribution < 1.29 is 19.1 Å². The van der Waals surface area contributed by atoms with Crippen LogP contribution in [0.4, 0.5) is 10.5 Å². The molecule has 1 heterocycles. The van der Waals surface area contributed by atoms with E-state index < -0.39 is 17.8 Å². The van der Waals surface area contributed by atoms with E-state index in [1.807, 2.05) is 13.0 Å². The van der Waals surface area contributed by atoms with E-state index in [9.17, 15) is 14.4 Å². The molecule has 0 bridgehead atoms. The molecule has 8 heteroatoms. The van der Waals surface area contributed by atoms with Gasteiger partial charge in [-0.2, -0.15) is 0 Å². The van der Waals surface area contributed by atoms with Gasteiger partial charge < -0.3 is 4.74 Å². The Bertz CT molecular complexity index is 974. The number of benzene rings is 2. The molecule has 0 spiro atoms. The summed E-state index contributed by atoms with van der Waals surface area (Å²) < 4.78 is 7.21. The van der Waals surface area contributed by atoms with Crippen molar-refractivity contribution in [3.63, 3.8) is 0 Å². The van der Waals surface area contributed by atoms with Gasteiger partial charge in [0, 0.05) is 10.0 Å². The minimum absolute atomic E-state index is 0.158. The summed E-state index contributed by atoms with van der Waals surface area (Å²) in [5.74, 6) is -0.932.